The Labute approximate surface area is 210 Å². The summed E-state index contributed by atoms with van der Waals surface area (Å²) in [6.45, 7) is 3.40. The number of rotatable bonds is 10. The quantitative estimate of drug-likeness (QED) is 0.363. The minimum absolute atomic E-state index is 0.0290. The number of carbonyl (C=O) groups is 2. The molecule has 0 aliphatic rings. The minimum atomic E-state index is -0.851. The molecule has 1 aromatic heterocycles. The molecule has 0 spiro atoms. The summed E-state index contributed by atoms with van der Waals surface area (Å²) in [5, 5.41) is 17.2. The Bertz CT molecular complexity index is 1180. The number of nitrogens with one attached hydrogen (secondary N) is 2. The lowest BCUT2D eigenvalue weighted by atomic mass is 9.99. The van der Waals surface area contributed by atoms with Crippen LogP contribution in [0.15, 0.2) is 60.8 Å². The molecule has 0 radical (unpaired) electrons. The van der Waals surface area contributed by atoms with E-state index in [9.17, 15) is 19.1 Å². The monoisotopic (exact) mass is 496 g/mol. The number of amides is 3. The molecule has 36 heavy (non-hydrogen) atoms. The summed E-state index contributed by atoms with van der Waals surface area (Å²) in [5.41, 5.74) is -0.479. The second-order valence-electron chi connectivity index (χ2n) is 9.36. The van der Waals surface area contributed by atoms with Crippen LogP contribution in [-0.2, 0) is 11.3 Å². The Morgan fingerprint density at radius 1 is 1.14 bits per heavy atom. The summed E-state index contributed by atoms with van der Waals surface area (Å²) in [5.74, 6) is -0.0437. The van der Waals surface area contributed by atoms with Crippen molar-refractivity contribution < 1.29 is 23.8 Å². The molecule has 0 saturated carbocycles. The maximum atomic E-state index is 13.9. The molecule has 9 heteroatoms. The highest BCUT2D eigenvalue weighted by Crippen LogP contribution is 2.18. The number of benzene rings is 2. The van der Waals surface area contributed by atoms with E-state index in [-0.39, 0.29) is 13.2 Å². The zero-order valence-electron chi connectivity index (χ0n) is 20.8. The van der Waals surface area contributed by atoms with Gasteiger partial charge in [-0.15, -0.1) is 0 Å². The zero-order chi connectivity index (χ0) is 26.1. The molecule has 1 atom stereocenters. The summed E-state index contributed by atoms with van der Waals surface area (Å²) in [6, 6.07) is 14.7. The molecular formula is C27H33FN4O4. The Balaban J connectivity index is 1.59. The molecule has 2 aromatic carbocycles. The number of pyridine rings is 1. The maximum Gasteiger partial charge on any atom is 0.412 e. The number of ether oxygens (including phenoxy) is 1. The highest BCUT2D eigenvalue weighted by atomic mass is 19.1. The van der Waals surface area contributed by atoms with Crippen molar-refractivity contribution in [2.45, 2.75) is 51.3 Å². The molecule has 0 fully saturated rings. The van der Waals surface area contributed by atoms with E-state index in [1.165, 1.54) is 11.0 Å². The minimum Gasteiger partial charge on any atom is -0.447 e. The number of fused-ring (bicyclic) bond motifs is 1. The van der Waals surface area contributed by atoms with E-state index in [1.807, 2.05) is 24.3 Å². The van der Waals surface area contributed by atoms with Gasteiger partial charge in [-0.1, -0.05) is 42.5 Å². The molecule has 0 unspecified atom stereocenters. The summed E-state index contributed by atoms with van der Waals surface area (Å²) in [6.07, 6.45) is 2.59. The van der Waals surface area contributed by atoms with Crippen LogP contribution >= 0.6 is 0 Å². The van der Waals surface area contributed by atoms with Gasteiger partial charge in [-0.05, 0) is 50.6 Å². The van der Waals surface area contributed by atoms with E-state index in [0.29, 0.717) is 30.6 Å². The maximum absolute atomic E-state index is 13.9. The summed E-state index contributed by atoms with van der Waals surface area (Å²) < 4.78 is 19.3. The topological polar surface area (TPSA) is 104 Å². The van der Waals surface area contributed by atoms with Crippen molar-refractivity contribution in [2.24, 2.45) is 0 Å². The summed E-state index contributed by atoms with van der Waals surface area (Å²) >= 11 is 0. The smallest absolute Gasteiger partial charge is 0.412 e. The van der Waals surface area contributed by atoms with Crippen molar-refractivity contribution in [1.29, 1.82) is 0 Å². The number of anilines is 1. The normalized spacial score (nSPS) is 12.1. The molecular weight excluding hydrogens is 463 g/mol. The van der Waals surface area contributed by atoms with Gasteiger partial charge in [-0.3, -0.25) is 5.32 Å². The first-order valence-electron chi connectivity index (χ1n) is 11.9. The van der Waals surface area contributed by atoms with Crippen LogP contribution in [0.4, 0.5) is 19.8 Å². The van der Waals surface area contributed by atoms with Crippen LogP contribution in [-0.4, -0.2) is 52.4 Å². The number of nitrogens with zero attached hydrogens (tertiary/aromatic N) is 2. The average Bonchev–Trinajstić information content (AvgIpc) is 2.84. The lowest BCUT2D eigenvalue weighted by Gasteiger charge is -2.29. The largest absolute Gasteiger partial charge is 0.447 e. The highest BCUT2D eigenvalue weighted by molar-refractivity contribution is 5.89. The lowest BCUT2D eigenvalue weighted by Crippen LogP contribution is -2.46. The van der Waals surface area contributed by atoms with Crippen LogP contribution in [0.1, 0.15) is 38.7 Å². The van der Waals surface area contributed by atoms with E-state index in [4.69, 9.17) is 4.74 Å². The van der Waals surface area contributed by atoms with Gasteiger partial charge in [0.25, 0.3) is 0 Å². The van der Waals surface area contributed by atoms with Crippen LogP contribution in [0.5, 0.6) is 0 Å². The first-order chi connectivity index (χ1) is 17.1. The van der Waals surface area contributed by atoms with E-state index in [1.54, 1.807) is 51.4 Å². The van der Waals surface area contributed by atoms with Gasteiger partial charge in [0.15, 0.2) is 0 Å². The summed E-state index contributed by atoms with van der Waals surface area (Å²) in [7, 11) is 1.59. The van der Waals surface area contributed by atoms with E-state index < -0.39 is 29.6 Å². The second-order valence-corrected chi connectivity index (χ2v) is 9.36. The van der Waals surface area contributed by atoms with Crippen LogP contribution in [0.25, 0.3) is 10.8 Å². The van der Waals surface area contributed by atoms with Crippen molar-refractivity contribution in [2.75, 3.05) is 19.0 Å². The van der Waals surface area contributed by atoms with Crippen LogP contribution < -0.4 is 10.6 Å². The van der Waals surface area contributed by atoms with Crippen LogP contribution in [0.2, 0.25) is 0 Å². The number of halogens is 1. The van der Waals surface area contributed by atoms with Gasteiger partial charge in [0, 0.05) is 30.7 Å². The van der Waals surface area contributed by atoms with Gasteiger partial charge in [-0.25, -0.2) is 19.0 Å². The molecule has 3 rings (SSSR count). The molecule has 0 bridgehead atoms. The van der Waals surface area contributed by atoms with E-state index in [0.717, 1.165) is 10.8 Å². The first kappa shape index (κ1) is 26.9. The molecule has 0 aliphatic heterocycles. The third-order valence-corrected chi connectivity index (χ3v) is 5.85. The standard InChI is InChI=1S/C27H33FN4O4/c1-27(2,35)14-8-12-22(32(3)25(33)30-17-21-11-6-7-13-23(21)28)18-36-26(34)31-24-15-19-9-4-5-10-20(19)16-29-24/h4-7,9-11,13,15-16,22,35H,8,12,14,17-18H2,1-3H3,(H,30,33)(H,29,31,34)/t22-/m0/s1. The Morgan fingerprint density at radius 3 is 2.56 bits per heavy atom. The molecule has 3 aromatic rings. The predicted molar refractivity (Wildman–Crippen MR) is 137 cm³/mol. The lowest BCUT2D eigenvalue weighted by molar-refractivity contribution is 0.0625. The van der Waals surface area contributed by atoms with Gasteiger partial charge in [-0.2, -0.15) is 0 Å². The van der Waals surface area contributed by atoms with Crippen molar-refractivity contribution in [3.63, 3.8) is 0 Å². The first-order valence-corrected chi connectivity index (χ1v) is 11.9. The number of urea groups is 1. The highest BCUT2D eigenvalue weighted by Gasteiger charge is 2.23. The SMILES string of the molecule is CN(C(=O)NCc1ccccc1F)[C@@H](CCCC(C)(C)O)COC(=O)Nc1cc2ccccc2cn1. The van der Waals surface area contributed by atoms with Crippen molar-refractivity contribution >= 4 is 28.7 Å². The number of likely N-dealkylation sites (N-methyl/N-ethyl adjacent to an activating group) is 1. The van der Waals surface area contributed by atoms with Crippen molar-refractivity contribution in [3.8, 4) is 0 Å². The molecule has 8 nitrogen and oxygen atoms in total. The third-order valence-electron chi connectivity index (χ3n) is 5.85. The number of carbonyl (C=O) groups excluding carboxylic acids is 2. The predicted octanol–water partition coefficient (Wildman–Crippen LogP) is 5.07. The van der Waals surface area contributed by atoms with Crippen molar-refractivity contribution in [1.82, 2.24) is 15.2 Å². The van der Waals surface area contributed by atoms with Crippen LogP contribution in [0.3, 0.4) is 0 Å². The number of hydrogen-bond acceptors (Lipinski definition) is 5. The molecule has 1 heterocycles. The van der Waals surface area contributed by atoms with Gasteiger partial charge in [0.2, 0.25) is 0 Å². The Kier molecular flexibility index (Phi) is 9.19. The third kappa shape index (κ3) is 8.20. The Hall–Kier alpha value is -3.72. The number of hydrogen-bond donors (Lipinski definition) is 3. The Morgan fingerprint density at radius 2 is 1.83 bits per heavy atom. The molecule has 0 aliphatic carbocycles. The van der Waals surface area contributed by atoms with E-state index in [2.05, 4.69) is 15.6 Å². The molecule has 0 saturated heterocycles. The second kappa shape index (κ2) is 12.3. The number of aliphatic hydroxyl groups is 1. The molecule has 3 N–H and O–H groups in total. The van der Waals surface area contributed by atoms with E-state index >= 15 is 0 Å². The van der Waals surface area contributed by atoms with Gasteiger partial charge >= 0.3 is 12.1 Å². The zero-order valence-corrected chi connectivity index (χ0v) is 20.8. The van der Waals surface area contributed by atoms with Gasteiger partial charge in [0.1, 0.15) is 18.2 Å². The van der Waals surface area contributed by atoms with Gasteiger partial charge < -0.3 is 20.1 Å². The molecule has 192 valence electrons. The van der Waals surface area contributed by atoms with Crippen LogP contribution in [0, 0.1) is 5.82 Å². The fourth-order valence-corrected chi connectivity index (χ4v) is 3.73. The van der Waals surface area contributed by atoms with Gasteiger partial charge in [0.05, 0.1) is 11.6 Å². The fraction of sp³-hybridized carbons (Fsp3) is 0.370. The molecule has 3 amide bonds. The summed E-state index contributed by atoms with van der Waals surface area (Å²) in [4.78, 5) is 30.9. The average molecular weight is 497 g/mol. The number of aromatic nitrogens is 1. The van der Waals surface area contributed by atoms with Crippen molar-refractivity contribution in [3.05, 3.63) is 72.2 Å². The fourth-order valence-electron chi connectivity index (χ4n) is 3.73.